The van der Waals surface area contributed by atoms with Crippen molar-refractivity contribution in [3.05, 3.63) is 65.3 Å². The number of halogens is 1. The minimum Gasteiger partial charge on any atom is -0.338 e. The standard InChI is InChI=1S/C23H29ClN7O3S/c1-25-35(33,34)21-6-4-3-5-20(21)28-22-19(24)15-26-23(29-22)27-18-9-7-17(8-10-18)16-30-11-13-31(2,32)14-12-30/h3-10,15,25,32H,11-14,16H2,1-2H3,(H2,26,27,28,29)/q+1. The van der Waals surface area contributed by atoms with Gasteiger partial charge in [0.15, 0.2) is 5.82 Å². The average Bonchev–Trinajstić information content (AvgIpc) is 2.84. The van der Waals surface area contributed by atoms with E-state index in [1.165, 1.54) is 24.9 Å². The van der Waals surface area contributed by atoms with Crippen LogP contribution < -0.4 is 15.4 Å². The number of piperazine rings is 1. The molecule has 0 radical (unpaired) electrons. The molecule has 2 aromatic carbocycles. The number of benzene rings is 2. The molecule has 0 saturated carbocycles. The van der Waals surface area contributed by atoms with Crippen LogP contribution in [0.2, 0.25) is 5.02 Å². The van der Waals surface area contributed by atoms with Crippen molar-refractivity contribution >= 4 is 44.8 Å². The number of aromatic nitrogens is 2. The minimum absolute atomic E-state index is 0.0776. The lowest BCUT2D eigenvalue weighted by Crippen LogP contribution is -2.54. The fourth-order valence-electron chi connectivity index (χ4n) is 3.73. The first kappa shape index (κ1) is 25.3. The van der Waals surface area contributed by atoms with Crippen LogP contribution in [0.4, 0.5) is 23.1 Å². The highest BCUT2D eigenvalue weighted by molar-refractivity contribution is 7.89. The van der Waals surface area contributed by atoms with E-state index in [2.05, 4.69) is 30.2 Å². The third-order valence-corrected chi connectivity index (χ3v) is 7.60. The number of hydrogen-bond acceptors (Lipinski definition) is 8. The second kappa shape index (κ2) is 10.4. The van der Waals surface area contributed by atoms with Crippen LogP contribution >= 0.6 is 11.6 Å². The Kier molecular flexibility index (Phi) is 7.55. The van der Waals surface area contributed by atoms with Crippen LogP contribution in [-0.2, 0) is 16.6 Å². The summed E-state index contributed by atoms with van der Waals surface area (Å²) in [5, 5.41) is 16.5. The Hall–Kier alpha value is -2.80. The third kappa shape index (κ3) is 6.45. The fourth-order valence-corrected chi connectivity index (χ4v) is 4.76. The molecule has 0 bridgehead atoms. The van der Waals surface area contributed by atoms with Gasteiger partial charge in [-0.1, -0.05) is 35.9 Å². The van der Waals surface area contributed by atoms with Crippen LogP contribution in [0.15, 0.2) is 59.6 Å². The van der Waals surface area contributed by atoms with E-state index in [0.717, 1.165) is 38.4 Å². The molecular formula is C23H29ClN7O3S+. The van der Waals surface area contributed by atoms with Crippen molar-refractivity contribution in [2.45, 2.75) is 11.4 Å². The summed E-state index contributed by atoms with van der Waals surface area (Å²) in [6, 6.07) is 14.5. The Bertz CT molecular complexity index is 1280. The van der Waals surface area contributed by atoms with Crippen LogP contribution in [0.1, 0.15) is 5.56 Å². The molecule has 186 valence electrons. The Morgan fingerprint density at radius 2 is 1.77 bits per heavy atom. The molecule has 0 unspecified atom stereocenters. The van der Waals surface area contributed by atoms with Gasteiger partial charge >= 0.3 is 0 Å². The van der Waals surface area contributed by atoms with Gasteiger partial charge in [-0.2, -0.15) is 9.63 Å². The maximum Gasteiger partial charge on any atom is 0.242 e. The normalized spacial score (nSPS) is 16.1. The summed E-state index contributed by atoms with van der Waals surface area (Å²) in [4.78, 5) is 11.1. The van der Waals surface area contributed by atoms with Crippen LogP contribution in [0.25, 0.3) is 0 Å². The van der Waals surface area contributed by atoms with E-state index in [1.54, 1.807) is 18.2 Å². The van der Waals surface area contributed by atoms with Gasteiger partial charge in [0.05, 0.1) is 32.0 Å². The molecule has 4 rings (SSSR count). The number of nitrogens with one attached hydrogen (secondary N) is 3. The van der Waals surface area contributed by atoms with Gasteiger partial charge in [0.25, 0.3) is 0 Å². The van der Waals surface area contributed by atoms with Gasteiger partial charge in [-0.15, -0.1) is 0 Å². The zero-order valence-corrected chi connectivity index (χ0v) is 21.1. The van der Waals surface area contributed by atoms with Crippen molar-refractivity contribution in [2.24, 2.45) is 0 Å². The molecule has 1 aliphatic rings. The second-order valence-corrected chi connectivity index (χ2v) is 10.9. The zero-order valence-electron chi connectivity index (χ0n) is 19.6. The Labute approximate surface area is 210 Å². The Morgan fingerprint density at radius 3 is 2.46 bits per heavy atom. The number of sulfonamides is 1. The molecule has 4 N–H and O–H groups in total. The molecule has 35 heavy (non-hydrogen) atoms. The number of likely N-dealkylation sites (N-methyl/N-ethyl adjacent to an activating group) is 1. The van der Waals surface area contributed by atoms with Crippen molar-refractivity contribution in [1.82, 2.24) is 19.6 Å². The first-order valence-corrected chi connectivity index (χ1v) is 13.0. The molecule has 10 nitrogen and oxygen atoms in total. The summed E-state index contributed by atoms with van der Waals surface area (Å²) in [5.41, 5.74) is 2.32. The number of quaternary nitrogens is 1. The van der Waals surface area contributed by atoms with Crippen LogP contribution in [-0.4, -0.2) is 73.4 Å². The topological polar surface area (TPSA) is 119 Å². The van der Waals surface area contributed by atoms with E-state index < -0.39 is 10.0 Å². The first-order chi connectivity index (χ1) is 16.6. The SMILES string of the molecule is CNS(=O)(=O)c1ccccc1Nc1nc(Nc2ccc(CN3CC[N+](C)(O)CC3)cc2)ncc1Cl. The highest BCUT2D eigenvalue weighted by Crippen LogP contribution is 2.28. The quantitative estimate of drug-likeness (QED) is 0.336. The predicted octanol–water partition coefficient (Wildman–Crippen LogP) is 3.18. The highest BCUT2D eigenvalue weighted by atomic mass is 35.5. The molecule has 12 heteroatoms. The number of rotatable bonds is 8. The monoisotopic (exact) mass is 518 g/mol. The molecule has 0 atom stereocenters. The van der Waals surface area contributed by atoms with Crippen LogP contribution in [0, 0.1) is 0 Å². The third-order valence-electron chi connectivity index (χ3n) is 5.85. The molecular weight excluding hydrogens is 490 g/mol. The second-order valence-electron chi connectivity index (χ2n) is 8.60. The zero-order chi connectivity index (χ0) is 25.1. The van der Waals surface area contributed by atoms with Crippen molar-refractivity contribution in [3.8, 4) is 0 Å². The summed E-state index contributed by atoms with van der Waals surface area (Å²) in [6.45, 7) is 3.95. The lowest BCUT2D eigenvalue weighted by atomic mass is 10.2. The molecule has 0 spiro atoms. The Balaban J connectivity index is 1.45. The average molecular weight is 519 g/mol. The predicted molar refractivity (Wildman–Crippen MR) is 136 cm³/mol. The fraction of sp³-hybridized carbons (Fsp3) is 0.304. The van der Waals surface area contributed by atoms with Crippen LogP contribution in [0.3, 0.4) is 0 Å². The first-order valence-electron chi connectivity index (χ1n) is 11.1. The molecule has 3 aromatic rings. The summed E-state index contributed by atoms with van der Waals surface area (Å²) < 4.78 is 27.1. The van der Waals surface area contributed by atoms with Gasteiger partial charge in [-0.25, -0.2) is 23.3 Å². The van der Waals surface area contributed by atoms with E-state index in [0.29, 0.717) is 11.6 Å². The van der Waals surface area contributed by atoms with Gasteiger partial charge in [-0.3, -0.25) is 4.90 Å². The van der Waals surface area contributed by atoms with E-state index >= 15 is 0 Å². The van der Waals surface area contributed by atoms with Gasteiger partial charge in [-0.05, 0) is 36.9 Å². The van der Waals surface area contributed by atoms with Crippen LogP contribution in [0.5, 0.6) is 0 Å². The maximum atomic E-state index is 12.3. The molecule has 1 fully saturated rings. The van der Waals surface area contributed by atoms with Crippen molar-refractivity contribution in [1.29, 1.82) is 0 Å². The molecule has 1 aliphatic heterocycles. The lowest BCUT2D eigenvalue weighted by Gasteiger charge is -2.35. The van der Waals surface area contributed by atoms with Crippen molar-refractivity contribution < 1.29 is 18.3 Å². The summed E-state index contributed by atoms with van der Waals surface area (Å²) in [7, 11) is -0.484. The van der Waals surface area contributed by atoms with E-state index in [1.807, 2.05) is 31.3 Å². The molecule has 1 saturated heterocycles. The number of anilines is 4. The van der Waals surface area contributed by atoms with Gasteiger partial charge in [0, 0.05) is 12.2 Å². The Morgan fingerprint density at radius 1 is 1.09 bits per heavy atom. The number of nitrogens with zero attached hydrogens (tertiary/aromatic N) is 4. The summed E-state index contributed by atoms with van der Waals surface area (Å²) in [6.07, 6.45) is 1.45. The van der Waals surface area contributed by atoms with E-state index in [-0.39, 0.29) is 20.4 Å². The molecule has 2 heterocycles. The van der Waals surface area contributed by atoms with Gasteiger partial charge in [0.1, 0.15) is 23.0 Å². The van der Waals surface area contributed by atoms with Gasteiger partial charge in [0.2, 0.25) is 16.0 Å². The minimum atomic E-state index is -3.67. The summed E-state index contributed by atoms with van der Waals surface area (Å²) in [5.74, 6) is 0.591. The van der Waals surface area contributed by atoms with E-state index in [9.17, 15) is 13.6 Å². The lowest BCUT2D eigenvalue weighted by molar-refractivity contribution is -1.09. The summed E-state index contributed by atoms with van der Waals surface area (Å²) >= 11 is 6.28. The number of para-hydroxylation sites is 1. The highest BCUT2D eigenvalue weighted by Gasteiger charge is 2.27. The molecule has 0 amide bonds. The number of hydroxylamine groups is 3. The van der Waals surface area contributed by atoms with Gasteiger partial charge < -0.3 is 10.6 Å². The maximum absolute atomic E-state index is 12.3. The van der Waals surface area contributed by atoms with E-state index in [4.69, 9.17) is 11.6 Å². The van der Waals surface area contributed by atoms with Crippen molar-refractivity contribution in [2.75, 3.05) is 50.9 Å². The molecule has 0 aliphatic carbocycles. The molecule has 1 aromatic heterocycles. The smallest absolute Gasteiger partial charge is 0.242 e. The number of hydrogen-bond donors (Lipinski definition) is 4. The largest absolute Gasteiger partial charge is 0.338 e. The van der Waals surface area contributed by atoms with Crippen molar-refractivity contribution in [3.63, 3.8) is 0 Å².